The van der Waals surface area contributed by atoms with Crippen molar-refractivity contribution < 1.29 is 4.39 Å². The molecule has 138 valence electrons. The second-order valence-electron chi connectivity index (χ2n) is 8.74. The van der Waals surface area contributed by atoms with Crippen LogP contribution in [0.3, 0.4) is 0 Å². The highest BCUT2D eigenvalue weighted by molar-refractivity contribution is 5.70. The van der Waals surface area contributed by atoms with Crippen molar-refractivity contribution in [1.29, 1.82) is 0 Å². The zero-order chi connectivity index (χ0) is 18.2. The van der Waals surface area contributed by atoms with Gasteiger partial charge >= 0.3 is 0 Å². The van der Waals surface area contributed by atoms with Crippen molar-refractivity contribution in [2.24, 2.45) is 5.41 Å². The summed E-state index contributed by atoms with van der Waals surface area (Å²) in [6.07, 6.45) is 11.5. The fourth-order valence-corrected chi connectivity index (χ4v) is 5.75. The Morgan fingerprint density at radius 2 is 1.54 bits per heavy atom. The zero-order valence-corrected chi connectivity index (χ0v) is 16.3. The van der Waals surface area contributed by atoms with Gasteiger partial charge in [0.05, 0.1) is 0 Å². The molecule has 0 radical (unpaired) electrons. The lowest BCUT2D eigenvalue weighted by Gasteiger charge is -2.54. The van der Waals surface area contributed by atoms with Crippen molar-refractivity contribution >= 4 is 0 Å². The molecular formula is C25H31F. The summed E-state index contributed by atoms with van der Waals surface area (Å²) in [5.74, 6) is -0.0693. The van der Waals surface area contributed by atoms with Gasteiger partial charge in [-0.25, -0.2) is 4.39 Å². The number of aryl methyl sites for hydroxylation is 1. The molecule has 0 aromatic heterocycles. The van der Waals surface area contributed by atoms with Crippen molar-refractivity contribution in [3.8, 4) is 11.1 Å². The van der Waals surface area contributed by atoms with E-state index in [4.69, 9.17) is 0 Å². The summed E-state index contributed by atoms with van der Waals surface area (Å²) >= 11 is 0. The highest BCUT2D eigenvalue weighted by Gasteiger charge is 2.49. The van der Waals surface area contributed by atoms with Crippen molar-refractivity contribution in [2.45, 2.75) is 77.0 Å². The summed E-state index contributed by atoms with van der Waals surface area (Å²) in [4.78, 5) is 0. The van der Waals surface area contributed by atoms with Crippen molar-refractivity contribution in [3.05, 3.63) is 59.4 Å². The van der Waals surface area contributed by atoms with Crippen LogP contribution in [0.15, 0.2) is 42.5 Å². The minimum Gasteiger partial charge on any atom is -0.206 e. The van der Waals surface area contributed by atoms with E-state index in [2.05, 4.69) is 44.2 Å². The molecule has 0 saturated heterocycles. The van der Waals surface area contributed by atoms with Gasteiger partial charge < -0.3 is 0 Å². The molecule has 0 aliphatic heterocycles. The first-order valence-electron chi connectivity index (χ1n) is 10.5. The van der Waals surface area contributed by atoms with Gasteiger partial charge in [0.25, 0.3) is 0 Å². The molecule has 0 nitrogen and oxygen atoms in total. The lowest BCUT2D eigenvalue weighted by Crippen LogP contribution is -2.44. The zero-order valence-electron chi connectivity index (χ0n) is 16.3. The Hall–Kier alpha value is -1.63. The standard InChI is InChI=1S/C25H31F/c1-3-11-24-12-15-25(16-13-24,17-14-24)22-8-6-5-7-20(22)21-10-9-19(4-2)18-23(21)26/h5-10,18H,3-4,11-17H2,1-2H3. The molecule has 0 amide bonds. The molecule has 3 aliphatic carbocycles. The van der Waals surface area contributed by atoms with Crippen LogP contribution < -0.4 is 0 Å². The maximum Gasteiger partial charge on any atom is 0.131 e. The number of fused-ring (bicyclic) bond motifs is 3. The number of rotatable bonds is 5. The van der Waals surface area contributed by atoms with Crippen molar-refractivity contribution in [3.63, 3.8) is 0 Å². The SMILES string of the molecule is CCCC12CCC(c3ccccc3-c3ccc(CC)cc3F)(CC1)CC2. The number of hydrogen-bond acceptors (Lipinski definition) is 0. The first-order chi connectivity index (χ1) is 12.6. The molecule has 5 rings (SSSR count). The summed E-state index contributed by atoms with van der Waals surface area (Å²) in [5, 5.41) is 0. The smallest absolute Gasteiger partial charge is 0.131 e. The number of halogens is 1. The van der Waals surface area contributed by atoms with E-state index < -0.39 is 0 Å². The van der Waals surface area contributed by atoms with E-state index in [1.54, 1.807) is 6.07 Å². The predicted octanol–water partition coefficient (Wildman–Crippen LogP) is 7.45. The van der Waals surface area contributed by atoms with Gasteiger partial charge in [-0.3, -0.25) is 0 Å². The van der Waals surface area contributed by atoms with E-state index in [9.17, 15) is 4.39 Å². The summed E-state index contributed by atoms with van der Waals surface area (Å²) in [6, 6.07) is 14.4. The summed E-state index contributed by atoms with van der Waals surface area (Å²) in [6.45, 7) is 4.40. The van der Waals surface area contributed by atoms with Gasteiger partial charge in [0.1, 0.15) is 5.82 Å². The van der Waals surface area contributed by atoms with Crippen LogP contribution in [0.2, 0.25) is 0 Å². The lowest BCUT2D eigenvalue weighted by atomic mass is 9.50. The molecule has 3 fully saturated rings. The molecule has 3 aliphatic rings. The highest BCUT2D eigenvalue weighted by atomic mass is 19.1. The third-order valence-electron chi connectivity index (χ3n) is 7.41. The molecular weight excluding hydrogens is 319 g/mol. The summed E-state index contributed by atoms with van der Waals surface area (Å²) in [7, 11) is 0. The fourth-order valence-electron chi connectivity index (χ4n) is 5.75. The molecule has 2 bridgehead atoms. The topological polar surface area (TPSA) is 0 Å². The van der Waals surface area contributed by atoms with E-state index in [-0.39, 0.29) is 11.2 Å². The molecule has 2 aromatic rings. The van der Waals surface area contributed by atoms with Gasteiger partial charge in [0.2, 0.25) is 0 Å². The van der Waals surface area contributed by atoms with Crippen LogP contribution in [0.4, 0.5) is 4.39 Å². The van der Waals surface area contributed by atoms with Gasteiger partial charge in [0.15, 0.2) is 0 Å². The van der Waals surface area contributed by atoms with Crippen LogP contribution in [-0.2, 0) is 11.8 Å². The second kappa shape index (κ2) is 6.83. The third-order valence-corrected chi connectivity index (χ3v) is 7.41. The third kappa shape index (κ3) is 2.90. The van der Waals surface area contributed by atoms with Crippen LogP contribution in [0.1, 0.15) is 76.3 Å². The van der Waals surface area contributed by atoms with E-state index in [0.29, 0.717) is 5.41 Å². The average molecular weight is 351 g/mol. The van der Waals surface area contributed by atoms with Crippen LogP contribution in [0.5, 0.6) is 0 Å². The van der Waals surface area contributed by atoms with E-state index >= 15 is 0 Å². The minimum absolute atomic E-state index is 0.0693. The van der Waals surface area contributed by atoms with Crippen LogP contribution >= 0.6 is 0 Å². The lowest BCUT2D eigenvalue weighted by molar-refractivity contribution is 0.0323. The fraction of sp³-hybridized carbons (Fsp3) is 0.520. The molecule has 0 atom stereocenters. The Labute approximate surface area is 157 Å². The first-order valence-corrected chi connectivity index (χ1v) is 10.5. The predicted molar refractivity (Wildman–Crippen MR) is 108 cm³/mol. The molecule has 0 spiro atoms. The molecule has 3 saturated carbocycles. The Kier molecular flexibility index (Phi) is 4.67. The molecule has 0 unspecified atom stereocenters. The Bertz CT molecular complexity index is 764. The summed E-state index contributed by atoms with van der Waals surface area (Å²) < 4.78 is 14.9. The maximum absolute atomic E-state index is 14.9. The molecule has 0 heterocycles. The second-order valence-corrected chi connectivity index (χ2v) is 8.74. The first kappa shape index (κ1) is 17.8. The van der Waals surface area contributed by atoms with Gasteiger partial charge in [-0.15, -0.1) is 0 Å². The Morgan fingerprint density at radius 1 is 0.846 bits per heavy atom. The monoisotopic (exact) mass is 350 g/mol. The molecule has 1 heteroatoms. The minimum atomic E-state index is -0.0693. The normalized spacial score (nSPS) is 27.7. The van der Waals surface area contributed by atoms with Gasteiger partial charge in [-0.2, -0.15) is 0 Å². The molecule has 2 aromatic carbocycles. The van der Waals surface area contributed by atoms with E-state index in [1.165, 1.54) is 56.9 Å². The van der Waals surface area contributed by atoms with Crippen molar-refractivity contribution in [2.75, 3.05) is 0 Å². The molecule has 26 heavy (non-hydrogen) atoms. The molecule has 0 N–H and O–H groups in total. The highest BCUT2D eigenvalue weighted by Crippen LogP contribution is 2.60. The van der Waals surface area contributed by atoms with Crippen molar-refractivity contribution in [1.82, 2.24) is 0 Å². The summed E-state index contributed by atoms with van der Waals surface area (Å²) in [5.41, 5.74) is 5.25. The maximum atomic E-state index is 14.9. The van der Waals surface area contributed by atoms with E-state index in [1.807, 2.05) is 6.07 Å². The number of benzene rings is 2. The van der Waals surface area contributed by atoms with Crippen LogP contribution in [0, 0.1) is 11.2 Å². The van der Waals surface area contributed by atoms with Gasteiger partial charge in [-0.05, 0) is 85.0 Å². The Morgan fingerprint density at radius 3 is 2.15 bits per heavy atom. The van der Waals surface area contributed by atoms with Crippen LogP contribution in [0.25, 0.3) is 11.1 Å². The van der Waals surface area contributed by atoms with Gasteiger partial charge in [0, 0.05) is 5.56 Å². The Balaban J connectivity index is 1.72. The average Bonchev–Trinajstić information content (AvgIpc) is 2.69. The quantitative estimate of drug-likeness (QED) is 0.525. The van der Waals surface area contributed by atoms with Gasteiger partial charge in [-0.1, -0.05) is 56.7 Å². The van der Waals surface area contributed by atoms with Crippen LogP contribution in [-0.4, -0.2) is 0 Å². The van der Waals surface area contributed by atoms with E-state index in [0.717, 1.165) is 23.1 Å². The largest absolute Gasteiger partial charge is 0.206 e. The number of hydrogen-bond donors (Lipinski definition) is 0.